The number of thioether (sulfide) groups is 1. The summed E-state index contributed by atoms with van der Waals surface area (Å²) in [7, 11) is 0. The molecular weight excluding hydrogens is 490 g/mol. The summed E-state index contributed by atoms with van der Waals surface area (Å²) in [6, 6.07) is 18.2. The summed E-state index contributed by atoms with van der Waals surface area (Å²) in [4.78, 5) is 16.0. The number of benzene rings is 2. The first-order chi connectivity index (χ1) is 16.9. The van der Waals surface area contributed by atoms with Crippen LogP contribution in [0.4, 0.5) is 0 Å². The summed E-state index contributed by atoms with van der Waals surface area (Å²) < 4.78 is 0. The highest BCUT2D eigenvalue weighted by atomic mass is 35.5. The van der Waals surface area contributed by atoms with Gasteiger partial charge in [0, 0.05) is 15.7 Å². The molecule has 4 nitrogen and oxygen atoms in total. The quantitative estimate of drug-likeness (QED) is 0.249. The van der Waals surface area contributed by atoms with E-state index >= 15 is 0 Å². The summed E-state index contributed by atoms with van der Waals surface area (Å²) >= 11 is 7.96. The van der Waals surface area contributed by atoms with Crippen LogP contribution in [-0.4, -0.2) is 32.5 Å². The van der Waals surface area contributed by atoms with E-state index in [0.717, 1.165) is 40.8 Å². The number of aromatic nitrogens is 1. The number of hydrogen-bond acceptors (Lipinski definition) is 4. The van der Waals surface area contributed by atoms with Gasteiger partial charge in [0.05, 0.1) is 23.2 Å². The molecule has 3 aromatic rings. The third-order valence-corrected chi connectivity index (χ3v) is 7.74. The molecule has 2 aromatic carbocycles. The lowest BCUT2D eigenvalue weighted by molar-refractivity contribution is -0.139. The molecule has 0 radical (unpaired) electrons. The molecule has 0 saturated heterocycles. The van der Waals surface area contributed by atoms with Crippen LogP contribution in [0.15, 0.2) is 54.6 Å². The number of carboxylic acids is 1. The Balaban J connectivity index is 1.78. The minimum Gasteiger partial charge on any atom is -0.481 e. The Labute approximate surface area is 223 Å². The molecule has 1 unspecified atom stereocenters. The molecule has 1 heterocycles. The lowest BCUT2D eigenvalue weighted by atomic mass is 9.83. The van der Waals surface area contributed by atoms with Gasteiger partial charge in [-0.15, -0.1) is 0 Å². The molecule has 6 heteroatoms. The predicted molar refractivity (Wildman–Crippen MR) is 154 cm³/mol. The van der Waals surface area contributed by atoms with E-state index in [9.17, 15) is 15.0 Å². The van der Waals surface area contributed by atoms with E-state index in [4.69, 9.17) is 16.6 Å². The second-order valence-corrected chi connectivity index (χ2v) is 12.5. The predicted octanol–water partition coefficient (Wildman–Crippen LogP) is 8.28. The number of nitrogens with zero attached hydrogens (tertiary/aromatic N) is 1. The maximum Gasteiger partial charge on any atom is 0.303 e. The highest BCUT2D eigenvalue weighted by Gasteiger charge is 2.25. The number of carbonyl (C=O) groups is 1. The molecule has 0 amide bonds. The molecule has 192 valence electrons. The number of aliphatic carboxylic acids is 1. The van der Waals surface area contributed by atoms with Crippen LogP contribution in [0.2, 0.25) is 5.02 Å². The average molecular weight is 526 g/mol. The van der Waals surface area contributed by atoms with Gasteiger partial charge in [-0.25, -0.2) is 4.98 Å². The molecule has 0 aliphatic rings. The van der Waals surface area contributed by atoms with Gasteiger partial charge in [-0.05, 0) is 79.7 Å². The lowest BCUT2D eigenvalue weighted by Gasteiger charge is -2.26. The zero-order chi connectivity index (χ0) is 26.3. The van der Waals surface area contributed by atoms with Crippen molar-refractivity contribution >= 4 is 52.4 Å². The van der Waals surface area contributed by atoms with E-state index in [1.165, 1.54) is 5.56 Å². The standard InChI is InChI=1S/C30H36ClNO3S/c1-29(2,20-28(33)34)15-14-27(36-17-16-30(3,4)35)23-7-5-6-21(18-23)8-12-25-13-10-22-9-11-24(31)19-26(22)32-25/h5-13,18-19,27,35H,14-17,20H2,1-4H3,(H,33,34)/b12-8+. The van der Waals surface area contributed by atoms with Crippen molar-refractivity contribution in [3.8, 4) is 0 Å². The van der Waals surface area contributed by atoms with E-state index in [0.29, 0.717) is 11.4 Å². The molecule has 36 heavy (non-hydrogen) atoms. The summed E-state index contributed by atoms with van der Waals surface area (Å²) in [6.45, 7) is 7.70. The summed E-state index contributed by atoms with van der Waals surface area (Å²) in [5.74, 6) is 0.0694. The van der Waals surface area contributed by atoms with Crippen molar-refractivity contribution in [2.24, 2.45) is 5.41 Å². The van der Waals surface area contributed by atoms with Gasteiger partial charge in [0.2, 0.25) is 0 Å². The highest BCUT2D eigenvalue weighted by molar-refractivity contribution is 7.99. The van der Waals surface area contributed by atoms with Crippen molar-refractivity contribution in [1.29, 1.82) is 0 Å². The first-order valence-electron chi connectivity index (χ1n) is 12.3. The third-order valence-electron chi connectivity index (χ3n) is 6.15. The molecule has 1 atom stereocenters. The molecule has 0 aliphatic carbocycles. The van der Waals surface area contributed by atoms with E-state index in [1.54, 1.807) is 0 Å². The number of halogens is 1. The van der Waals surface area contributed by atoms with Crippen LogP contribution in [0.3, 0.4) is 0 Å². The van der Waals surface area contributed by atoms with Crippen molar-refractivity contribution in [2.45, 2.75) is 64.2 Å². The van der Waals surface area contributed by atoms with Crippen LogP contribution in [0.1, 0.15) is 75.4 Å². The number of aliphatic hydroxyl groups is 1. The average Bonchev–Trinajstić information content (AvgIpc) is 2.78. The third kappa shape index (κ3) is 9.27. The monoisotopic (exact) mass is 525 g/mol. The normalized spacial score (nSPS) is 13.4. The summed E-state index contributed by atoms with van der Waals surface area (Å²) in [6.07, 6.45) is 6.60. The van der Waals surface area contributed by atoms with Gasteiger partial charge >= 0.3 is 5.97 Å². The van der Waals surface area contributed by atoms with Gasteiger partial charge in [-0.2, -0.15) is 11.8 Å². The van der Waals surface area contributed by atoms with Crippen molar-refractivity contribution in [2.75, 3.05) is 5.75 Å². The zero-order valence-electron chi connectivity index (χ0n) is 21.5. The fourth-order valence-corrected chi connectivity index (χ4v) is 5.75. The number of carboxylic acid groups (broad SMARTS) is 1. The Bertz CT molecular complexity index is 1220. The van der Waals surface area contributed by atoms with Crippen LogP contribution >= 0.6 is 23.4 Å². The van der Waals surface area contributed by atoms with Crippen molar-refractivity contribution < 1.29 is 15.0 Å². The van der Waals surface area contributed by atoms with Crippen LogP contribution in [0.5, 0.6) is 0 Å². The molecule has 0 aliphatic heterocycles. The SMILES string of the molecule is CC(C)(O)CCSC(CCC(C)(C)CC(=O)O)c1cccc(/C=C/c2ccc3ccc(Cl)cc3n2)c1. The maximum absolute atomic E-state index is 11.3. The number of rotatable bonds is 12. The Morgan fingerprint density at radius 2 is 1.81 bits per heavy atom. The smallest absolute Gasteiger partial charge is 0.303 e. The van der Waals surface area contributed by atoms with Gasteiger partial charge in [-0.1, -0.05) is 67.9 Å². The highest BCUT2D eigenvalue weighted by Crippen LogP contribution is 2.39. The molecule has 0 spiro atoms. The van der Waals surface area contributed by atoms with Crippen LogP contribution in [-0.2, 0) is 4.79 Å². The van der Waals surface area contributed by atoms with Crippen molar-refractivity contribution in [1.82, 2.24) is 4.98 Å². The summed E-state index contributed by atoms with van der Waals surface area (Å²) in [5, 5.41) is 21.4. The molecule has 1 aromatic heterocycles. The molecular formula is C30H36ClNO3S. The number of hydrogen-bond donors (Lipinski definition) is 2. The van der Waals surface area contributed by atoms with Crippen LogP contribution in [0, 0.1) is 5.41 Å². The lowest BCUT2D eigenvalue weighted by Crippen LogP contribution is -2.20. The fraction of sp³-hybridized carbons (Fsp3) is 0.400. The minimum absolute atomic E-state index is 0.154. The first kappa shape index (κ1) is 28.2. The first-order valence-corrected chi connectivity index (χ1v) is 13.7. The van der Waals surface area contributed by atoms with E-state index in [2.05, 4.69) is 30.3 Å². The Morgan fingerprint density at radius 1 is 1.06 bits per heavy atom. The molecule has 3 rings (SSSR count). The van der Waals surface area contributed by atoms with Crippen LogP contribution < -0.4 is 0 Å². The largest absolute Gasteiger partial charge is 0.481 e. The topological polar surface area (TPSA) is 70.4 Å². The van der Waals surface area contributed by atoms with Crippen molar-refractivity contribution in [3.63, 3.8) is 0 Å². The number of pyridine rings is 1. The zero-order valence-corrected chi connectivity index (χ0v) is 23.1. The molecule has 0 fully saturated rings. The van der Waals surface area contributed by atoms with E-state index < -0.39 is 11.6 Å². The molecule has 0 saturated carbocycles. The van der Waals surface area contributed by atoms with E-state index in [-0.39, 0.29) is 17.1 Å². The van der Waals surface area contributed by atoms with Crippen LogP contribution in [0.25, 0.3) is 23.1 Å². The van der Waals surface area contributed by atoms with Gasteiger partial charge in [0.25, 0.3) is 0 Å². The minimum atomic E-state index is -0.761. The van der Waals surface area contributed by atoms with Crippen molar-refractivity contribution in [3.05, 3.63) is 76.4 Å². The second kappa shape index (κ2) is 12.3. The Kier molecular flexibility index (Phi) is 9.62. The van der Waals surface area contributed by atoms with Gasteiger partial charge in [0.15, 0.2) is 0 Å². The Hall–Kier alpha value is -2.34. The molecule has 2 N–H and O–H groups in total. The van der Waals surface area contributed by atoms with Gasteiger partial charge in [0.1, 0.15) is 0 Å². The number of fused-ring (bicyclic) bond motifs is 1. The molecule has 0 bridgehead atoms. The second-order valence-electron chi connectivity index (χ2n) is 10.8. The Morgan fingerprint density at radius 3 is 2.53 bits per heavy atom. The van der Waals surface area contributed by atoms with E-state index in [1.807, 2.05) is 75.9 Å². The fourth-order valence-electron chi connectivity index (χ4n) is 4.06. The van der Waals surface area contributed by atoms with Gasteiger partial charge in [-0.3, -0.25) is 4.79 Å². The maximum atomic E-state index is 11.3. The van der Waals surface area contributed by atoms with Gasteiger partial charge < -0.3 is 10.2 Å². The summed E-state index contributed by atoms with van der Waals surface area (Å²) in [5.41, 5.74) is 3.04.